The summed E-state index contributed by atoms with van der Waals surface area (Å²) < 4.78 is 0. The summed E-state index contributed by atoms with van der Waals surface area (Å²) >= 11 is 1.06. The van der Waals surface area contributed by atoms with Crippen LogP contribution < -0.4 is 5.32 Å². The predicted octanol–water partition coefficient (Wildman–Crippen LogP) is 1.45. The van der Waals surface area contributed by atoms with E-state index in [4.69, 9.17) is 5.11 Å². The highest BCUT2D eigenvalue weighted by molar-refractivity contribution is 7.11. The van der Waals surface area contributed by atoms with Crippen LogP contribution in [0.1, 0.15) is 46.0 Å². The molecular weight excluding hydrogens is 278 g/mol. The van der Waals surface area contributed by atoms with Gasteiger partial charge in [-0.05, 0) is 26.9 Å². The van der Waals surface area contributed by atoms with Gasteiger partial charge >= 0.3 is 5.97 Å². The Morgan fingerprint density at radius 3 is 2.60 bits per heavy atom. The van der Waals surface area contributed by atoms with Gasteiger partial charge in [0.1, 0.15) is 0 Å². The molecule has 1 saturated carbocycles. The second kappa shape index (κ2) is 5.88. The summed E-state index contributed by atoms with van der Waals surface area (Å²) in [7, 11) is 4.06. The fourth-order valence-corrected chi connectivity index (χ4v) is 3.32. The molecule has 0 aromatic carbocycles. The number of thiazole rings is 1. The van der Waals surface area contributed by atoms with E-state index in [2.05, 4.69) is 15.2 Å². The molecule has 0 saturated heterocycles. The quantitative estimate of drug-likeness (QED) is 0.859. The van der Waals surface area contributed by atoms with Gasteiger partial charge in [-0.15, -0.1) is 11.3 Å². The second-order valence-electron chi connectivity index (χ2n) is 5.35. The van der Waals surface area contributed by atoms with Crippen molar-refractivity contribution < 1.29 is 14.7 Å². The zero-order valence-electron chi connectivity index (χ0n) is 11.7. The molecule has 1 aromatic rings. The molecule has 0 bridgehead atoms. The molecule has 0 spiro atoms. The summed E-state index contributed by atoms with van der Waals surface area (Å²) in [6.45, 7) is 0.570. The minimum Gasteiger partial charge on any atom is -0.476 e. The number of hydrogen-bond donors (Lipinski definition) is 2. The van der Waals surface area contributed by atoms with Crippen LogP contribution in [-0.2, 0) is 0 Å². The van der Waals surface area contributed by atoms with Crippen molar-refractivity contribution in [2.24, 2.45) is 0 Å². The van der Waals surface area contributed by atoms with Crippen molar-refractivity contribution in [3.63, 3.8) is 0 Å². The third kappa shape index (κ3) is 2.99. The number of carboxylic acids is 1. The molecule has 0 atom stereocenters. The first-order valence-electron chi connectivity index (χ1n) is 6.59. The SMILES string of the molecule is CN(C)C1(CNC(=O)c2nc(C(=O)O)cs2)CCCC1. The summed E-state index contributed by atoms with van der Waals surface area (Å²) in [4.78, 5) is 28.8. The van der Waals surface area contributed by atoms with E-state index >= 15 is 0 Å². The number of nitrogens with one attached hydrogen (secondary N) is 1. The van der Waals surface area contributed by atoms with Gasteiger partial charge in [0.25, 0.3) is 5.91 Å². The van der Waals surface area contributed by atoms with Crippen molar-refractivity contribution in [1.82, 2.24) is 15.2 Å². The molecule has 7 heteroatoms. The number of nitrogens with zero attached hydrogens (tertiary/aromatic N) is 2. The molecule has 2 rings (SSSR count). The van der Waals surface area contributed by atoms with Gasteiger partial charge in [-0.1, -0.05) is 12.8 Å². The van der Waals surface area contributed by atoms with E-state index in [9.17, 15) is 9.59 Å². The Morgan fingerprint density at radius 1 is 1.45 bits per heavy atom. The zero-order chi connectivity index (χ0) is 14.8. The van der Waals surface area contributed by atoms with Crippen LogP contribution in [0.15, 0.2) is 5.38 Å². The number of hydrogen-bond acceptors (Lipinski definition) is 5. The van der Waals surface area contributed by atoms with Gasteiger partial charge in [0.05, 0.1) is 0 Å². The molecule has 20 heavy (non-hydrogen) atoms. The van der Waals surface area contributed by atoms with Crippen molar-refractivity contribution >= 4 is 23.2 Å². The molecule has 110 valence electrons. The smallest absolute Gasteiger partial charge is 0.355 e. The minimum absolute atomic E-state index is 0.0164. The Kier molecular flexibility index (Phi) is 4.39. The Hall–Kier alpha value is -1.47. The average Bonchev–Trinajstić information content (AvgIpc) is 3.06. The molecule has 1 aliphatic rings. The zero-order valence-corrected chi connectivity index (χ0v) is 12.5. The molecule has 0 unspecified atom stereocenters. The first kappa shape index (κ1) is 14.9. The van der Waals surface area contributed by atoms with Gasteiger partial charge in [0.15, 0.2) is 10.7 Å². The summed E-state index contributed by atoms with van der Waals surface area (Å²) in [6.07, 6.45) is 4.49. The third-order valence-corrected chi connectivity index (χ3v) is 4.82. The first-order valence-corrected chi connectivity index (χ1v) is 7.47. The highest BCUT2D eigenvalue weighted by Gasteiger charge is 2.36. The molecular formula is C13H19N3O3S. The molecule has 1 aliphatic carbocycles. The number of likely N-dealkylation sites (N-methyl/N-ethyl adjacent to an activating group) is 1. The van der Waals surface area contributed by atoms with E-state index in [0.717, 1.165) is 24.2 Å². The fourth-order valence-electron chi connectivity index (χ4n) is 2.61. The Labute approximate surface area is 121 Å². The van der Waals surface area contributed by atoms with E-state index in [1.807, 2.05) is 14.1 Å². The lowest BCUT2D eigenvalue weighted by Gasteiger charge is -2.36. The van der Waals surface area contributed by atoms with Crippen LogP contribution >= 0.6 is 11.3 Å². The number of carboxylic acid groups (broad SMARTS) is 1. The number of aromatic nitrogens is 1. The molecule has 1 amide bonds. The van der Waals surface area contributed by atoms with E-state index < -0.39 is 5.97 Å². The van der Waals surface area contributed by atoms with Crippen LogP contribution in [-0.4, -0.2) is 53.0 Å². The van der Waals surface area contributed by atoms with Gasteiger partial charge < -0.3 is 15.3 Å². The van der Waals surface area contributed by atoms with Crippen molar-refractivity contribution in [3.05, 3.63) is 16.1 Å². The lowest BCUT2D eigenvalue weighted by atomic mass is 9.96. The Bertz CT molecular complexity index is 507. The van der Waals surface area contributed by atoms with E-state index in [-0.39, 0.29) is 22.1 Å². The van der Waals surface area contributed by atoms with Gasteiger partial charge in [0.2, 0.25) is 0 Å². The van der Waals surface area contributed by atoms with Crippen LogP contribution in [0.4, 0.5) is 0 Å². The monoisotopic (exact) mass is 297 g/mol. The summed E-state index contributed by atoms with van der Waals surface area (Å²) in [5, 5.41) is 13.3. The second-order valence-corrected chi connectivity index (χ2v) is 6.21. The third-order valence-electron chi connectivity index (χ3n) is 3.98. The fraction of sp³-hybridized carbons (Fsp3) is 0.615. The largest absolute Gasteiger partial charge is 0.476 e. The Morgan fingerprint density at radius 2 is 2.10 bits per heavy atom. The molecule has 0 aliphatic heterocycles. The normalized spacial score (nSPS) is 17.4. The highest BCUT2D eigenvalue weighted by Crippen LogP contribution is 2.33. The summed E-state index contributed by atoms with van der Waals surface area (Å²) in [5.41, 5.74) is -0.0638. The maximum absolute atomic E-state index is 12.0. The van der Waals surface area contributed by atoms with E-state index in [1.54, 1.807) is 0 Å². The van der Waals surface area contributed by atoms with Gasteiger partial charge in [-0.3, -0.25) is 4.79 Å². The van der Waals surface area contributed by atoms with Crippen LogP contribution in [0.3, 0.4) is 0 Å². The van der Waals surface area contributed by atoms with Crippen LogP contribution in [0, 0.1) is 0 Å². The summed E-state index contributed by atoms with van der Waals surface area (Å²) in [5.74, 6) is -1.41. The molecule has 1 heterocycles. The molecule has 1 aromatic heterocycles. The lowest BCUT2D eigenvalue weighted by Crippen LogP contribution is -2.50. The highest BCUT2D eigenvalue weighted by atomic mass is 32.1. The molecule has 6 nitrogen and oxygen atoms in total. The maximum Gasteiger partial charge on any atom is 0.355 e. The van der Waals surface area contributed by atoms with Crippen LogP contribution in [0.25, 0.3) is 0 Å². The molecule has 0 radical (unpaired) electrons. The van der Waals surface area contributed by atoms with Crippen molar-refractivity contribution in [2.75, 3.05) is 20.6 Å². The molecule has 1 fully saturated rings. The Balaban J connectivity index is 1.99. The number of carbonyl (C=O) groups is 2. The van der Waals surface area contributed by atoms with Crippen molar-refractivity contribution in [2.45, 2.75) is 31.2 Å². The number of amides is 1. The predicted molar refractivity (Wildman–Crippen MR) is 76.3 cm³/mol. The van der Waals surface area contributed by atoms with Gasteiger partial charge in [-0.25, -0.2) is 9.78 Å². The van der Waals surface area contributed by atoms with Gasteiger partial charge in [-0.2, -0.15) is 0 Å². The average molecular weight is 297 g/mol. The summed E-state index contributed by atoms with van der Waals surface area (Å²) in [6, 6.07) is 0. The first-order chi connectivity index (χ1) is 9.44. The maximum atomic E-state index is 12.0. The number of aromatic carboxylic acids is 1. The van der Waals surface area contributed by atoms with Crippen molar-refractivity contribution in [3.8, 4) is 0 Å². The van der Waals surface area contributed by atoms with E-state index in [1.165, 1.54) is 18.2 Å². The van der Waals surface area contributed by atoms with E-state index in [0.29, 0.717) is 6.54 Å². The topological polar surface area (TPSA) is 82.5 Å². The standard InChI is InChI=1S/C13H19N3O3S/c1-16(2)13(5-3-4-6-13)8-14-10(17)11-15-9(7-20-11)12(18)19/h7H,3-6,8H2,1-2H3,(H,14,17)(H,18,19). The molecule has 2 N–H and O–H groups in total. The lowest BCUT2D eigenvalue weighted by molar-refractivity contribution is 0.0691. The van der Waals surface area contributed by atoms with Crippen LogP contribution in [0.2, 0.25) is 0 Å². The minimum atomic E-state index is -1.11. The van der Waals surface area contributed by atoms with Crippen molar-refractivity contribution in [1.29, 1.82) is 0 Å². The van der Waals surface area contributed by atoms with Crippen LogP contribution in [0.5, 0.6) is 0 Å². The number of rotatable bonds is 5. The van der Waals surface area contributed by atoms with Gasteiger partial charge in [0, 0.05) is 17.5 Å². The number of carbonyl (C=O) groups excluding carboxylic acids is 1.